The van der Waals surface area contributed by atoms with Crippen LogP contribution in [0.25, 0.3) is 0 Å². The van der Waals surface area contributed by atoms with Crippen molar-refractivity contribution in [3.05, 3.63) is 159 Å². The van der Waals surface area contributed by atoms with Crippen LogP contribution in [0.1, 0.15) is 152 Å². The predicted molar refractivity (Wildman–Crippen MR) is 408 cm³/mol. The molecule has 97 heavy (non-hydrogen) atoms. The van der Waals surface area contributed by atoms with E-state index in [1.807, 2.05) is 114 Å². The van der Waals surface area contributed by atoms with E-state index in [-0.39, 0.29) is 92.6 Å². The van der Waals surface area contributed by atoms with Crippen LogP contribution in [0.5, 0.6) is 0 Å². The Morgan fingerprint density at radius 1 is 0.402 bits per heavy atom. The molecule has 0 aromatic heterocycles. The topological polar surface area (TPSA) is 148 Å². The molecule has 20 heteroatoms. The van der Waals surface area contributed by atoms with Crippen molar-refractivity contribution in [1.29, 1.82) is 0 Å². The van der Waals surface area contributed by atoms with Crippen molar-refractivity contribution in [2.75, 3.05) is 121 Å². The molecule has 0 aliphatic heterocycles. The fourth-order valence-corrected chi connectivity index (χ4v) is 11.1. The molecule has 0 unspecified atom stereocenters. The lowest BCUT2D eigenvalue weighted by Gasteiger charge is -2.26. The number of alkyl halides is 5. The van der Waals surface area contributed by atoms with Crippen molar-refractivity contribution in [1.82, 2.24) is 0 Å². The highest BCUT2D eigenvalue weighted by atomic mass is 35.5. The molecule has 0 fully saturated rings. The monoisotopic (exact) mass is 1440 g/mol. The lowest BCUT2D eigenvalue weighted by molar-refractivity contribution is -0.118. The maximum absolute atomic E-state index is 12.2. The van der Waals surface area contributed by atoms with Crippen LogP contribution in [0.2, 0.25) is 0 Å². The van der Waals surface area contributed by atoms with E-state index in [0.29, 0.717) is 32.3 Å². The molecule has 0 saturated carbocycles. The van der Waals surface area contributed by atoms with Crippen molar-refractivity contribution in [2.45, 2.75) is 162 Å². The van der Waals surface area contributed by atoms with Crippen molar-refractivity contribution in [3.63, 3.8) is 0 Å². The molecule has 0 aliphatic carbocycles. The average Bonchev–Trinajstić information content (AvgIpc) is 0.871. The Balaban J connectivity index is 0.000000607. The van der Waals surface area contributed by atoms with Crippen LogP contribution < -0.4 is 24.5 Å². The largest absolute Gasteiger partial charge is 0.364 e. The van der Waals surface area contributed by atoms with Crippen molar-refractivity contribution in [2.24, 2.45) is 5.92 Å². The van der Waals surface area contributed by atoms with Gasteiger partial charge in [0.2, 0.25) is 29.5 Å². The number of methoxy groups -OCH3 is 1. The highest BCUT2D eigenvalue weighted by Gasteiger charge is 2.25. The summed E-state index contributed by atoms with van der Waals surface area (Å²) in [5, 5.41) is 0. The smallest absolute Gasteiger partial charge is 0.243 e. The van der Waals surface area contributed by atoms with Gasteiger partial charge in [-0.15, -0.1) is 58.0 Å². The van der Waals surface area contributed by atoms with Crippen LogP contribution in [0, 0.1) is 26.7 Å². The standard InChI is InChI=1S/C17H26ClNO2.C17H24ClNO2.C15H22ClNO2.2C14H20ClNO2/c2*1-4-7-11-21-13-19(16(20)12-18)17-14(5-2)9-8-10-15(17)6-3;1-11(2)9-19-10-17(14(18)8-16)15-12(3)6-5-7-13(15)4;1-4-11-7-6-8-12(5-2)14(11)16(10-18-3)13(17)9-15;1-4-12-8-6-7-11(3)14(12)16(10-18-5-2)13(17)9-15/h8-10H,4-7,11-13H2,1-3H3;4,7-10H,5-6,11-13H2,1-3H3;5-7,11H,8-10H2,1-4H3;2*6-8H,4-5,9-10H2,1-3H3/b;7-4-;;;. The van der Waals surface area contributed by atoms with Gasteiger partial charge in [-0.25, -0.2) is 0 Å². The van der Waals surface area contributed by atoms with Gasteiger partial charge in [-0.1, -0.05) is 179 Å². The number of rotatable bonds is 35. The number of anilines is 5. The number of aryl methyl sites for hydroxylation is 10. The first kappa shape index (κ1) is 89.5. The number of allylic oxidation sites excluding steroid dienone is 1. The van der Waals surface area contributed by atoms with Gasteiger partial charge in [-0.05, 0) is 148 Å². The van der Waals surface area contributed by atoms with E-state index in [1.165, 1.54) is 0 Å². The third-order valence-electron chi connectivity index (χ3n) is 15.4. The fourth-order valence-electron chi connectivity index (χ4n) is 10.4. The second-order valence-electron chi connectivity index (χ2n) is 22.7. The number of unbranched alkanes of at least 4 members (excludes halogenated alkanes) is 1. The molecule has 0 spiro atoms. The minimum Gasteiger partial charge on any atom is -0.364 e. The van der Waals surface area contributed by atoms with Gasteiger partial charge >= 0.3 is 0 Å². The van der Waals surface area contributed by atoms with E-state index in [1.54, 1.807) is 31.6 Å². The Bertz CT molecular complexity index is 3040. The molecule has 0 saturated heterocycles. The number of carbonyl (C=O) groups is 5. The molecular formula is C77H112Cl5N5O10. The van der Waals surface area contributed by atoms with Crippen LogP contribution in [-0.2, 0) is 92.6 Å². The molecule has 0 bridgehead atoms. The van der Waals surface area contributed by atoms with Crippen LogP contribution in [0.15, 0.2) is 103 Å². The molecule has 0 heterocycles. The molecule has 15 nitrogen and oxygen atoms in total. The summed E-state index contributed by atoms with van der Waals surface area (Å²) in [6, 6.07) is 30.4. The van der Waals surface area contributed by atoms with Crippen LogP contribution in [0.3, 0.4) is 0 Å². The number of amides is 5. The highest BCUT2D eigenvalue weighted by molar-refractivity contribution is 6.31. The highest BCUT2D eigenvalue weighted by Crippen LogP contribution is 2.32. The molecule has 0 aliphatic rings. The van der Waals surface area contributed by atoms with Gasteiger partial charge < -0.3 is 23.7 Å². The van der Waals surface area contributed by atoms with Gasteiger partial charge in [-0.3, -0.25) is 48.5 Å². The number of nitrogens with zero attached hydrogens (tertiary/aromatic N) is 5. The Morgan fingerprint density at radius 3 is 1.01 bits per heavy atom. The molecule has 5 aromatic carbocycles. The number of ether oxygens (including phenoxy) is 5. The van der Waals surface area contributed by atoms with Crippen LogP contribution in [0.4, 0.5) is 28.4 Å². The van der Waals surface area contributed by atoms with Crippen LogP contribution in [-0.4, -0.2) is 126 Å². The van der Waals surface area contributed by atoms with Crippen LogP contribution >= 0.6 is 58.0 Å². The summed E-state index contributed by atoms with van der Waals surface area (Å²) in [7, 11) is 1.58. The lowest BCUT2D eigenvalue weighted by atomic mass is 10.0. The Kier molecular flexibility index (Phi) is 48.4. The minimum atomic E-state index is -0.136. The average molecular weight is 1450 g/mol. The first-order valence-electron chi connectivity index (χ1n) is 33.9. The SMILES string of the molecule is C/C=C\COCN(C(=O)CCl)c1c(CC)cccc1CC.CCCCOCN(C(=O)CCl)c1c(CC)cccc1CC.CCOCN(C(=O)CCl)c1c(C)cccc1CC.CCc1cccc(CC)c1N(COC)C(=O)CCl.Cc1cccc(C)c1N(COCC(C)C)C(=O)CCl. The third kappa shape index (κ3) is 30.0. The van der Waals surface area contributed by atoms with Crippen molar-refractivity contribution < 1.29 is 47.7 Å². The number of benzene rings is 5. The van der Waals surface area contributed by atoms with Crippen molar-refractivity contribution in [3.8, 4) is 0 Å². The van der Waals surface area contributed by atoms with Gasteiger partial charge in [0.05, 0.1) is 41.7 Å². The second-order valence-corrected chi connectivity index (χ2v) is 24.1. The quantitative estimate of drug-likeness (QED) is 0.0166. The van der Waals surface area contributed by atoms with E-state index in [9.17, 15) is 24.0 Å². The van der Waals surface area contributed by atoms with Gasteiger partial charge in [0, 0.05) is 20.3 Å². The normalized spacial score (nSPS) is 10.7. The molecule has 5 aromatic rings. The van der Waals surface area contributed by atoms with Gasteiger partial charge in [0.15, 0.2) is 0 Å². The molecule has 540 valence electrons. The molecule has 5 amide bonds. The maximum atomic E-state index is 12.2. The van der Waals surface area contributed by atoms with E-state index in [2.05, 4.69) is 93.5 Å². The van der Waals surface area contributed by atoms with E-state index in [4.69, 9.17) is 81.7 Å². The summed E-state index contributed by atoms with van der Waals surface area (Å²) in [4.78, 5) is 68.6. The zero-order chi connectivity index (χ0) is 72.8. The Hall–Kier alpha value is -5.56. The zero-order valence-corrected chi connectivity index (χ0v) is 64.6. The lowest BCUT2D eigenvalue weighted by Crippen LogP contribution is -2.35. The van der Waals surface area contributed by atoms with Gasteiger partial charge in [0.25, 0.3) is 0 Å². The summed E-state index contributed by atoms with van der Waals surface area (Å²) in [5.41, 5.74) is 15.9. The number of para-hydroxylation sites is 5. The van der Waals surface area contributed by atoms with E-state index < -0.39 is 0 Å². The Labute approximate surface area is 607 Å². The number of halogens is 5. The van der Waals surface area contributed by atoms with E-state index in [0.717, 1.165) is 142 Å². The fraction of sp³-hybridized carbons (Fsp3) is 0.519. The number of hydrogen-bond donors (Lipinski definition) is 0. The van der Waals surface area contributed by atoms with Gasteiger partial charge in [0.1, 0.15) is 63.1 Å². The molecule has 5 rings (SSSR count). The zero-order valence-electron chi connectivity index (χ0n) is 60.9. The minimum absolute atomic E-state index is 0.0294. The summed E-state index contributed by atoms with van der Waals surface area (Å²) < 4.78 is 27.3. The third-order valence-corrected chi connectivity index (χ3v) is 16.5. The van der Waals surface area contributed by atoms with Crippen molar-refractivity contribution >= 4 is 116 Å². The molecule has 0 atom stereocenters. The molecule has 0 N–H and O–H groups in total. The summed E-state index contributed by atoms with van der Waals surface area (Å²) >= 11 is 28.6. The molecule has 0 radical (unpaired) electrons. The summed E-state index contributed by atoms with van der Waals surface area (Å²) in [6.45, 7) is 34.2. The maximum Gasteiger partial charge on any atom is 0.243 e. The number of hydrogen-bond acceptors (Lipinski definition) is 10. The second kappa shape index (κ2) is 52.5. The predicted octanol–water partition coefficient (Wildman–Crippen LogP) is 17.7. The molecular weight excluding hydrogens is 1330 g/mol. The first-order chi connectivity index (χ1) is 46.7. The first-order valence-corrected chi connectivity index (χ1v) is 36.6. The van der Waals surface area contributed by atoms with Gasteiger partial charge in [-0.2, -0.15) is 0 Å². The Morgan fingerprint density at radius 2 is 0.691 bits per heavy atom. The van der Waals surface area contributed by atoms with E-state index >= 15 is 0 Å². The number of carbonyl (C=O) groups excluding carboxylic acids is 5. The summed E-state index contributed by atoms with van der Waals surface area (Å²) in [6.07, 6.45) is 12.0. The summed E-state index contributed by atoms with van der Waals surface area (Å²) in [5.74, 6) is -0.394.